The summed E-state index contributed by atoms with van der Waals surface area (Å²) >= 11 is 0. The lowest BCUT2D eigenvalue weighted by Gasteiger charge is -2.43. The molecular formula is C29H39N3O5. The van der Waals surface area contributed by atoms with E-state index in [0.29, 0.717) is 11.3 Å². The Morgan fingerprint density at radius 3 is 2.11 bits per heavy atom. The van der Waals surface area contributed by atoms with Gasteiger partial charge in [-0.2, -0.15) is 0 Å². The van der Waals surface area contributed by atoms with Gasteiger partial charge in [0.05, 0.1) is 6.61 Å². The SMILES string of the molecule is Cc1ccccc1C(C(=O)Nc1c(C)cccc1C)N(C(=O)C(CO)NC(=O)OC(C)(C)C)C1CCC1. The molecule has 1 aliphatic rings. The maximum absolute atomic E-state index is 14.0. The second-order valence-electron chi connectivity index (χ2n) is 10.7. The largest absolute Gasteiger partial charge is 0.444 e. The van der Waals surface area contributed by atoms with Crippen molar-refractivity contribution in [3.8, 4) is 0 Å². The quantitative estimate of drug-likeness (QED) is 0.484. The highest BCUT2D eigenvalue weighted by molar-refractivity contribution is 6.00. The van der Waals surface area contributed by atoms with Gasteiger partial charge in [-0.25, -0.2) is 4.79 Å². The number of hydrogen-bond acceptors (Lipinski definition) is 5. The van der Waals surface area contributed by atoms with Crippen LogP contribution in [-0.4, -0.2) is 52.2 Å². The standard InChI is InChI=1S/C29H39N3O5/c1-18-11-7-8-16-22(18)25(26(34)31-24-19(2)12-9-13-20(24)3)32(21-14-10-15-21)27(35)23(17-33)30-28(36)37-29(4,5)6/h7-9,11-13,16,21,23,25,33H,10,14-15,17H2,1-6H3,(H,30,36)(H,31,34). The van der Waals surface area contributed by atoms with Crippen molar-refractivity contribution >= 4 is 23.6 Å². The summed E-state index contributed by atoms with van der Waals surface area (Å²) in [5.41, 5.74) is 3.33. The highest BCUT2D eigenvalue weighted by Crippen LogP contribution is 2.36. The maximum atomic E-state index is 14.0. The van der Waals surface area contributed by atoms with Gasteiger partial charge in [-0.1, -0.05) is 42.5 Å². The number of carbonyl (C=O) groups is 3. The monoisotopic (exact) mass is 509 g/mol. The predicted molar refractivity (Wildman–Crippen MR) is 143 cm³/mol. The number of para-hydroxylation sites is 1. The zero-order chi connectivity index (χ0) is 27.3. The molecule has 2 unspecified atom stereocenters. The number of alkyl carbamates (subject to hydrolysis) is 1. The number of ether oxygens (including phenoxy) is 1. The Labute approximate surface area is 219 Å². The van der Waals surface area contributed by atoms with Gasteiger partial charge in [0.2, 0.25) is 5.91 Å². The van der Waals surface area contributed by atoms with Crippen LogP contribution in [0.3, 0.4) is 0 Å². The van der Waals surface area contributed by atoms with Gasteiger partial charge in [0.25, 0.3) is 5.91 Å². The van der Waals surface area contributed by atoms with Crippen LogP contribution >= 0.6 is 0 Å². The van der Waals surface area contributed by atoms with Crippen LogP contribution < -0.4 is 10.6 Å². The fourth-order valence-corrected chi connectivity index (χ4v) is 4.51. The number of benzene rings is 2. The van der Waals surface area contributed by atoms with Gasteiger partial charge < -0.3 is 25.4 Å². The predicted octanol–water partition coefficient (Wildman–Crippen LogP) is 4.56. The number of nitrogens with zero attached hydrogens (tertiary/aromatic N) is 1. The van der Waals surface area contributed by atoms with Gasteiger partial charge in [-0.3, -0.25) is 9.59 Å². The highest BCUT2D eigenvalue weighted by atomic mass is 16.6. The van der Waals surface area contributed by atoms with Gasteiger partial charge in [0, 0.05) is 11.7 Å². The first-order valence-corrected chi connectivity index (χ1v) is 12.8. The first kappa shape index (κ1) is 28.2. The minimum atomic E-state index is -1.25. The van der Waals surface area contributed by atoms with E-state index in [4.69, 9.17) is 4.74 Å². The summed E-state index contributed by atoms with van der Waals surface area (Å²) in [7, 11) is 0. The average Bonchev–Trinajstić information content (AvgIpc) is 2.78. The van der Waals surface area contributed by atoms with Crippen LogP contribution in [0.25, 0.3) is 0 Å². The Kier molecular flexibility index (Phi) is 8.97. The van der Waals surface area contributed by atoms with E-state index in [1.54, 1.807) is 25.7 Å². The molecular weight excluding hydrogens is 470 g/mol. The first-order valence-electron chi connectivity index (χ1n) is 12.8. The minimum Gasteiger partial charge on any atom is -0.444 e. The molecule has 0 spiro atoms. The summed E-state index contributed by atoms with van der Waals surface area (Å²) in [5.74, 6) is -0.871. The van der Waals surface area contributed by atoms with Crippen molar-refractivity contribution in [3.63, 3.8) is 0 Å². The zero-order valence-corrected chi connectivity index (χ0v) is 22.6. The van der Waals surface area contributed by atoms with Crippen LogP contribution in [0, 0.1) is 20.8 Å². The lowest BCUT2D eigenvalue weighted by Crippen LogP contribution is -2.58. The Morgan fingerprint density at radius 2 is 1.59 bits per heavy atom. The van der Waals surface area contributed by atoms with E-state index in [-0.39, 0.29) is 11.9 Å². The maximum Gasteiger partial charge on any atom is 0.408 e. The molecule has 2 aromatic rings. The van der Waals surface area contributed by atoms with Crippen molar-refractivity contribution in [2.75, 3.05) is 11.9 Å². The summed E-state index contributed by atoms with van der Waals surface area (Å²) in [4.78, 5) is 42.0. The van der Waals surface area contributed by atoms with Crippen molar-refractivity contribution in [3.05, 3.63) is 64.7 Å². The topological polar surface area (TPSA) is 108 Å². The molecule has 0 aliphatic heterocycles. The summed E-state index contributed by atoms with van der Waals surface area (Å²) in [6.07, 6.45) is 1.59. The van der Waals surface area contributed by atoms with Crippen LogP contribution in [0.4, 0.5) is 10.5 Å². The number of anilines is 1. The van der Waals surface area contributed by atoms with Gasteiger partial charge >= 0.3 is 6.09 Å². The van der Waals surface area contributed by atoms with Gasteiger partial charge in [0.15, 0.2) is 0 Å². The molecule has 200 valence electrons. The molecule has 3 N–H and O–H groups in total. The second kappa shape index (κ2) is 11.8. The number of hydrogen-bond donors (Lipinski definition) is 3. The smallest absolute Gasteiger partial charge is 0.408 e. The Hall–Kier alpha value is -3.39. The molecule has 0 aromatic heterocycles. The van der Waals surface area contributed by atoms with Crippen LogP contribution in [0.5, 0.6) is 0 Å². The summed E-state index contributed by atoms with van der Waals surface area (Å²) in [6.45, 7) is 10.3. The normalized spacial score (nSPS) is 15.2. The second-order valence-corrected chi connectivity index (χ2v) is 10.7. The molecule has 1 saturated carbocycles. The third-order valence-electron chi connectivity index (χ3n) is 6.63. The molecule has 0 bridgehead atoms. The van der Waals surface area contributed by atoms with Crippen molar-refractivity contribution in [2.24, 2.45) is 0 Å². The fraction of sp³-hybridized carbons (Fsp3) is 0.483. The van der Waals surface area contributed by atoms with Crippen molar-refractivity contribution in [1.82, 2.24) is 10.2 Å². The lowest BCUT2D eigenvalue weighted by molar-refractivity contribution is -0.146. The molecule has 0 radical (unpaired) electrons. The van der Waals surface area contributed by atoms with Crippen molar-refractivity contribution < 1.29 is 24.2 Å². The van der Waals surface area contributed by atoms with E-state index >= 15 is 0 Å². The van der Waals surface area contributed by atoms with E-state index in [9.17, 15) is 19.5 Å². The van der Waals surface area contributed by atoms with Gasteiger partial charge in [-0.05, 0) is 83.1 Å². The van der Waals surface area contributed by atoms with Crippen LogP contribution in [0.15, 0.2) is 42.5 Å². The Balaban J connectivity index is 2.02. The number of rotatable bonds is 8. The lowest BCUT2D eigenvalue weighted by atomic mass is 9.87. The van der Waals surface area contributed by atoms with Gasteiger partial charge in [0.1, 0.15) is 17.7 Å². The number of nitrogens with one attached hydrogen (secondary N) is 2. The molecule has 0 saturated heterocycles. The number of amides is 3. The highest BCUT2D eigenvalue weighted by Gasteiger charge is 2.42. The van der Waals surface area contributed by atoms with Crippen molar-refractivity contribution in [1.29, 1.82) is 0 Å². The van der Waals surface area contributed by atoms with Crippen LogP contribution in [-0.2, 0) is 14.3 Å². The first-order chi connectivity index (χ1) is 17.4. The third-order valence-corrected chi connectivity index (χ3v) is 6.63. The fourth-order valence-electron chi connectivity index (χ4n) is 4.51. The molecule has 8 nitrogen and oxygen atoms in total. The molecule has 2 aromatic carbocycles. The van der Waals surface area contributed by atoms with E-state index in [1.165, 1.54) is 0 Å². The molecule has 2 atom stereocenters. The van der Waals surface area contributed by atoms with E-state index < -0.39 is 36.3 Å². The summed E-state index contributed by atoms with van der Waals surface area (Å²) in [5, 5.41) is 15.7. The van der Waals surface area contributed by atoms with Crippen LogP contribution in [0.2, 0.25) is 0 Å². The third kappa shape index (κ3) is 6.89. The molecule has 1 aliphatic carbocycles. The summed E-state index contributed by atoms with van der Waals surface area (Å²) < 4.78 is 5.31. The average molecular weight is 510 g/mol. The molecule has 0 heterocycles. The van der Waals surface area contributed by atoms with Crippen LogP contribution in [0.1, 0.15) is 68.3 Å². The molecule has 3 rings (SSSR count). The number of aliphatic hydroxyl groups is 1. The molecule has 1 fully saturated rings. The van der Waals surface area contributed by atoms with E-state index in [1.807, 2.05) is 63.2 Å². The Bertz CT molecular complexity index is 1120. The Morgan fingerprint density at radius 1 is 1.00 bits per heavy atom. The summed E-state index contributed by atoms with van der Waals surface area (Å²) in [6, 6.07) is 10.8. The number of carbonyl (C=O) groups excluding carboxylic acids is 3. The molecule has 37 heavy (non-hydrogen) atoms. The zero-order valence-electron chi connectivity index (χ0n) is 22.6. The van der Waals surface area contributed by atoms with E-state index in [0.717, 1.165) is 36.0 Å². The van der Waals surface area contributed by atoms with Gasteiger partial charge in [-0.15, -0.1) is 0 Å². The minimum absolute atomic E-state index is 0.199. The molecule has 3 amide bonds. The molecule has 8 heteroatoms. The van der Waals surface area contributed by atoms with Crippen molar-refractivity contribution in [2.45, 2.75) is 84.5 Å². The van der Waals surface area contributed by atoms with E-state index in [2.05, 4.69) is 10.6 Å². The number of aryl methyl sites for hydroxylation is 3. The number of aliphatic hydroxyl groups excluding tert-OH is 1.